The molecule has 14 heavy (non-hydrogen) atoms. The Hall–Kier alpha value is -0.830. The van der Waals surface area contributed by atoms with E-state index in [0.29, 0.717) is 6.61 Å². The zero-order chi connectivity index (χ0) is 10.4. The van der Waals surface area contributed by atoms with E-state index in [0.717, 1.165) is 19.3 Å². The Bertz CT molecular complexity index is 211. The van der Waals surface area contributed by atoms with Crippen molar-refractivity contribution in [2.75, 3.05) is 13.2 Å². The predicted molar refractivity (Wildman–Crippen MR) is 53.7 cm³/mol. The molecule has 3 heteroatoms. The van der Waals surface area contributed by atoms with Crippen LogP contribution < -0.4 is 0 Å². The molecule has 1 aliphatic carbocycles. The van der Waals surface area contributed by atoms with E-state index < -0.39 is 0 Å². The van der Waals surface area contributed by atoms with E-state index in [9.17, 15) is 4.79 Å². The molecule has 0 fully saturated rings. The third kappa shape index (κ3) is 2.84. The summed E-state index contributed by atoms with van der Waals surface area (Å²) in [6.45, 7) is 2.04. The maximum atomic E-state index is 11.5. The van der Waals surface area contributed by atoms with Gasteiger partial charge in [0.15, 0.2) is 0 Å². The normalized spacial score (nSPS) is 23.1. The van der Waals surface area contributed by atoms with Gasteiger partial charge in [0.25, 0.3) is 0 Å². The molecular formula is C11H18O3. The van der Waals surface area contributed by atoms with Gasteiger partial charge in [-0.15, -0.1) is 0 Å². The molecule has 80 valence electrons. The van der Waals surface area contributed by atoms with E-state index in [1.54, 1.807) is 6.92 Å². The Morgan fingerprint density at radius 3 is 3.00 bits per heavy atom. The third-order valence-corrected chi connectivity index (χ3v) is 2.59. The van der Waals surface area contributed by atoms with Crippen LogP contribution in [0.15, 0.2) is 12.2 Å². The smallest absolute Gasteiger partial charge is 0.311 e. The molecule has 3 nitrogen and oxygen atoms in total. The number of hydrogen-bond donors (Lipinski definition) is 1. The summed E-state index contributed by atoms with van der Waals surface area (Å²) in [5.41, 5.74) is 0. The Morgan fingerprint density at radius 2 is 2.50 bits per heavy atom. The van der Waals surface area contributed by atoms with Crippen LogP contribution in [0.5, 0.6) is 0 Å². The summed E-state index contributed by atoms with van der Waals surface area (Å²) < 4.78 is 4.92. The van der Waals surface area contributed by atoms with Crippen LogP contribution >= 0.6 is 0 Å². The van der Waals surface area contributed by atoms with Crippen LogP contribution in [-0.2, 0) is 9.53 Å². The maximum absolute atomic E-state index is 11.5. The molecule has 0 amide bonds. The van der Waals surface area contributed by atoms with Crippen LogP contribution in [0.25, 0.3) is 0 Å². The van der Waals surface area contributed by atoms with Crippen molar-refractivity contribution in [3.05, 3.63) is 12.2 Å². The Balaban J connectivity index is 2.55. The molecule has 1 N–H and O–H groups in total. The zero-order valence-electron chi connectivity index (χ0n) is 8.61. The highest BCUT2D eigenvalue weighted by molar-refractivity contribution is 5.73. The highest BCUT2D eigenvalue weighted by Gasteiger charge is 2.27. The van der Waals surface area contributed by atoms with Crippen LogP contribution in [0.1, 0.15) is 26.2 Å². The second kappa shape index (κ2) is 5.81. The van der Waals surface area contributed by atoms with Gasteiger partial charge < -0.3 is 9.84 Å². The minimum atomic E-state index is -0.369. The lowest BCUT2D eigenvalue weighted by atomic mass is 9.85. The lowest BCUT2D eigenvalue weighted by molar-refractivity contribution is -0.151. The maximum Gasteiger partial charge on any atom is 0.311 e. The van der Waals surface area contributed by atoms with E-state index in [4.69, 9.17) is 9.84 Å². The third-order valence-electron chi connectivity index (χ3n) is 2.59. The first kappa shape index (κ1) is 11.2. The second-order valence-electron chi connectivity index (χ2n) is 3.56. The summed E-state index contributed by atoms with van der Waals surface area (Å²) in [5, 5.41) is 9.14. The number of carbonyl (C=O) groups excluding carboxylic acids is 1. The van der Waals surface area contributed by atoms with Gasteiger partial charge in [0.05, 0.1) is 19.1 Å². The SMILES string of the molecule is CCOC(=O)C(CO)C1C=CCCC1. The van der Waals surface area contributed by atoms with Gasteiger partial charge in [0, 0.05) is 0 Å². The van der Waals surface area contributed by atoms with Crippen molar-refractivity contribution in [1.29, 1.82) is 0 Å². The van der Waals surface area contributed by atoms with E-state index in [1.165, 1.54) is 0 Å². The second-order valence-corrected chi connectivity index (χ2v) is 3.56. The monoisotopic (exact) mass is 198 g/mol. The van der Waals surface area contributed by atoms with Crippen molar-refractivity contribution < 1.29 is 14.6 Å². The molecule has 0 bridgehead atoms. The molecule has 0 spiro atoms. The number of hydrogen-bond acceptors (Lipinski definition) is 3. The Labute approximate surface area is 84.8 Å². The molecule has 2 atom stereocenters. The van der Waals surface area contributed by atoms with Crippen LogP contribution in [-0.4, -0.2) is 24.3 Å². The molecular weight excluding hydrogens is 180 g/mol. The summed E-state index contributed by atoms with van der Waals surface area (Å²) in [6, 6.07) is 0. The molecule has 0 aromatic carbocycles. The van der Waals surface area contributed by atoms with Crippen LogP contribution in [0.3, 0.4) is 0 Å². The number of ether oxygens (including phenoxy) is 1. The summed E-state index contributed by atoms with van der Waals surface area (Å²) in [7, 11) is 0. The van der Waals surface area contributed by atoms with E-state index in [-0.39, 0.29) is 24.4 Å². The lowest BCUT2D eigenvalue weighted by Crippen LogP contribution is -2.28. The molecule has 0 aliphatic heterocycles. The average molecular weight is 198 g/mol. The quantitative estimate of drug-likeness (QED) is 0.550. The summed E-state index contributed by atoms with van der Waals surface area (Å²) in [5.74, 6) is -0.481. The van der Waals surface area contributed by atoms with Gasteiger partial charge in [0.1, 0.15) is 0 Å². The summed E-state index contributed by atoms with van der Waals surface area (Å²) >= 11 is 0. The number of allylic oxidation sites excluding steroid dienone is 2. The molecule has 0 aromatic rings. The fraction of sp³-hybridized carbons (Fsp3) is 0.727. The molecule has 0 radical (unpaired) electrons. The molecule has 0 aromatic heterocycles. The highest BCUT2D eigenvalue weighted by Crippen LogP contribution is 2.25. The summed E-state index contributed by atoms with van der Waals surface area (Å²) in [4.78, 5) is 11.5. The summed E-state index contributed by atoms with van der Waals surface area (Å²) in [6.07, 6.45) is 7.26. The van der Waals surface area contributed by atoms with Gasteiger partial charge in [0.2, 0.25) is 0 Å². The highest BCUT2D eigenvalue weighted by atomic mass is 16.5. The Morgan fingerprint density at radius 1 is 1.71 bits per heavy atom. The van der Waals surface area contributed by atoms with Crippen LogP contribution in [0, 0.1) is 11.8 Å². The lowest BCUT2D eigenvalue weighted by Gasteiger charge is -2.23. The molecule has 0 heterocycles. The minimum Gasteiger partial charge on any atom is -0.466 e. The van der Waals surface area contributed by atoms with Gasteiger partial charge in [-0.3, -0.25) is 4.79 Å². The van der Waals surface area contributed by atoms with Gasteiger partial charge in [-0.2, -0.15) is 0 Å². The molecule has 0 saturated heterocycles. The van der Waals surface area contributed by atoms with Gasteiger partial charge in [-0.25, -0.2) is 0 Å². The molecule has 2 unspecified atom stereocenters. The van der Waals surface area contributed by atoms with Gasteiger partial charge in [-0.1, -0.05) is 12.2 Å². The first-order valence-corrected chi connectivity index (χ1v) is 5.23. The number of carbonyl (C=O) groups is 1. The van der Waals surface area contributed by atoms with E-state index >= 15 is 0 Å². The largest absolute Gasteiger partial charge is 0.466 e. The van der Waals surface area contributed by atoms with Crippen LogP contribution in [0.4, 0.5) is 0 Å². The topological polar surface area (TPSA) is 46.5 Å². The molecule has 1 aliphatic rings. The number of rotatable bonds is 4. The van der Waals surface area contributed by atoms with Crippen molar-refractivity contribution in [2.24, 2.45) is 11.8 Å². The van der Waals surface area contributed by atoms with Crippen molar-refractivity contribution in [1.82, 2.24) is 0 Å². The first-order valence-electron chi connectivity index (χ1n) is 5.23. The van der Waals surface area contributed by atoms with E-state index in [1.807, 2.05) is 6.08 Å². The van der Waals surface area contributed by atoms with Crippen LogP contribution in [0.2, 0.25) is 0 Å². The van der Waals surface area contributed by atoms with E-state index in [2.05, 4.69) is 6.08 Å². The van der Waals surface area contributed by atoms with Crippen molar-refractivity contribution in [2.45, 2.75) is 26.2 Å². The number of aliphatic hydroxyl groups is 1. The molecule has 0 saturated carbocycles. The van der Waals surface area contributed by atoms with Gasteiger partial charge in [-0.05, 0) is 32.1 Å². The zero-order valence-corrected chi connectivity index (χ0v) is 8.61. The van der Waals surface area contributed by atoms with Crippen molar-refractivity contribution >= 4 is 5.97 Å². The first-order chi connectivity index (χ1) is 6.79. The minimum absolute atomic E-state index is 0.117. The van der Waals surface area contributed by atoms with Crippen molar-refractivity contribution in [3.8, 4) is 0 Å². The molecule has 1 rings (SSSR count). The fourth-order valence-corrected chi connectivity index (χ4v) is 1.81. The number of esters is 1. The standard InChI is InChI=1S/C11H18O3/c1-2-14-11(13)10(8-12)9-6-4-3-5-7-9/h4,6,9-10,12H,2-3,5,7-8H2,1H3. The number of aliphatic hydroxyl groups excluding tert-OH is 1. The average Bonchev–Trinajstić information content (AvgIpc) is 2.21. The fourth-order valence-electron chi connectivity index (χ4n) is 1.81. The van der Waals surface area contributed by atoms with Gasteiger partial charge >= 0.3 is 5.97 Å². The Kier molecular flexibility index (Phi) is 4.66. The predicted octanol–water partition coefficient (Wildman–Crippen LogP) is 1.51. The van der Waals surface area contributed by atoms with Crippen molar-refractivity contribution in [3.63, 3.8) is 0 Å².